The molecule has 0 radical (unpaired) electrons. The highest BCUT2D eigenvalue weighted by atomic mass is 16.1. The molecule has 0 aromatic carbocycles. The number of aldehydes is 2. The summed E-state index contributed by atoms with van der Waals surface area (Å²) in [6, 6.07) is 0. The molecule has 108 valence electrons. The summed E-state index contributed by atoms with van der Waals surface area (Å²) in [7, 11) is 0. The Morgan fingerprint density at radius 3 is 1.89 bits per heavy atom. The molecule has 0 aliphatic carbocycles. The van der Waals surface area contributed by atoms with Gasteiger partial charge in [0.15, 0.2) is 0 Å². The molecule has 3 atom stereocenters. The third kappa shape index (κ3) is 15.3. The van der Waals surface area contributed by atoms with Gasteiger partial charge in [0.1, 0.15) is 12.6 Å². The molecule has 0 aromatic rings. The summed E-state index contributed by atoms with van der Waals surface area (Å²) < 4.78 is 0. The van der Waals surface area contributed by atoms with Crippen molar-refractivity contribution in [2.75, 3.05) is 0 Å². The number of rotatable bonds is 9. The Balaban J connectivity index is 0. The molecule has 0 rings (SSSR count). The molecule has 0 fully saturated rings. The zero-order valence-electron chi connectivity index (χ0n) is 12.9. The minimum Gasteiger partial charge on any atom is -0.303 e. The summed E-state index contributed by atoms with van der Waals surface area (Å²) in [5, 5.41) is 0. The largest absolute Gasteiger partial charge is 0.303 e. The normalized spacial score (nSPS) is 14.9. The van der Waals surface area contributed by atoms with Gasteiger partial charge in [-0.2, -0.15) is 0 Å². The van der Waals surface area contributed by atoms with Crippen LogP contribution in [0.1, 0.15) is 73.1 Å². The number of hydrogen-bond donors (Lipinski definition) is 0. The molecule has 0 aliphatic rings. The molecule has 0 saturated carbocycles. The first-order valence-electron chi connectivity index (χ1n) is 7.40. The topological polar surface area (TPSA) is 34.1 Å². The molecule has 0 spiro atoms. The first-order valence-corrected chi connectivity index (χ1v) is 7.40. The second-order valence-electron chi connectivity index (χ2n) is 5.47. The van der Waals surface area contributed by atoms with E-state index in [1.54, 1.807) is 0 Å². The number of carbonyl (C=O) groups excluding carboxylic acids is 2. The monoisotopic (exact) mass is 256 g/mol. The molecule has 2 heteroatoms. The fraction of sp³-hybridized carbons (Fsp3) is 0.875. The molecule has 18 heavy (non-hydrogen) atoms. The first-order chi connectivity index (χ1) is 8.51. The Morgan fingerprint density at radius 1 is 0.944 bits per heavy atom. The number of hydrogen-bond acceptors (Lipinski definition) is 2. The standard InChI is InChI=1S/2C8H16O/c1-4-7(2)5-8(3)6-9;1-3-8(2)6-4-5-7-9/h6-8H,4-5H2,1-3H3;7-8H,3-6H2,1-2H3. The summed E-state index contributed by atoms with van der Waals surface area (Å²) in [6.07, 6.45) is 8.50. The summed E-state index contributed by atoms with van der Waals surface area (Å²) in [5.41, 5.74) is 0. The van der Waals surface area contributed by atoms with E-state index in [-0.39, 0.29) is 5.92 Å². The van der Waals surface area contributed by atoms with Crippen LogP contribution in [0.5, 0.6) is 0 Å². The Morgan fingerprint density at radius 2 is 1.50 bits per heavy atom. The SMILES string of the molecule is CCC(C)CC(C)C=O.CCC(C)CCCC=O. The van der Waals surface area contributed by atoms with Crippen LogP contribution in [0, 0.1) is 17.8 Å². The average molecular weight is 256 g/mol. The maximum Gasteiger partial charge on any atom is 0.122 e. The van der Waals surface area contributed by atoms with Crippen LogP contribution in [0.3, 0.4) is 0 Å². The van der Waals surface area contributed by atoms with E-state index in [9.17, 15) is 9.59 Å². The van der Waals surface area contributed by atoms with Crippen molar-refractivity contribution in [3.63, 3.8) is 0 Å². The lowest BCUT2D eigenvalue weighted by molar-refractivity contribution is -0.111. The van der Waals surface area contributed by atoms with E-state index in [1.807, 2.05) is 6.92 Å². The van der Waals surface area contributed by atoms with Gasteiger partial charge in [0.05, 0.1) is 0 Å². The van der Waals surface area contributed by atoms with E-state index in [2.05, 4.69) is 27.7 Å². The minimum atomic E-state index is 0.250. The van der Waals surface area contributed by atoms with Crippen LogP contribution < -0.4 is 0 Å². The van der Waals surface area contributed by atoms with Gasteiger partial charge in [-0.3, -0.25) is 0 Å². The van der Waals surface area contributed by atoms with E-state index in [1.165, 1.54) is 19.3 Å². The van der Waals surface area contributed by atoms with E-state index in [0.29, 0.717) is 5.92 Å². The van der Waals surface area contributed by atoms with Gasteiger partial charge in [-0.25, -0.2) is 0 Å². The molecule has 0 bridgehead atoms. The zero-order chi connectivity index (χ0) is 14.4. The molecule has 2 nitrogen and oxygen atoms in total. The highest BCUT2D eigenvalue weighted by Gasteiger charge is 2.04. The summed E-state index contributed by atoms with van der Waals surface area (Å²) in [6.45, 7) is 10.7. The quantitative estimate of drug-likeness (QED) is 0.444. The van der Waals surface area contributed by atoms with Gasteiger partial charge in [0, 0.05) is 12.3 Å². The lowest BCUT2D eigenvalue weighted by Gasteiger charge is -2.08. The third-order valence-corrected chi connectivity index (χ3v) is 3.42. The van der Waals surface area contributed by atoms with Crippen molar-refractivity contribution in [3.05, 3.63) is 0 Å². The highest BCUT2D eigenvalue weighted by Crippen LogP contribution is 2.12. The Hall–Kier alpha value is -0.660. The summed E-state index contributed by atoms with van der Waals surface area (Å²) in [5.74, 6) is 1.75. The van der Waals surface area contributed by atoms with Crippen molar-refractivity contribution < 1.29 is 9.59 Å². The molecule has 0 aromatic heterocycles. The summed E-state index contributed by atoms with van der Waals surface area (Å²) >= 11 is 0. The van der Waals surface area contributed by atoms with Gasteiger partial charge in [-0.15, -0.1) is 0 Å². The van der Waals surface area contributed by atoms with Crippen molar-refractivity contribution in [1.82, 2.24) is 0 Å². The van der Waals surface area contributed by atoms with E-state index < -0.39 is 0 Å². The predicted molar refractivity (Wildman–Crippen MR) is 78.7 cm³/mol. The Bertz CT molecular complexity index is 190. The van der Waals surface area contributed by atoms with E-state index >= 15 is 0 Å². The van der Waals surface area contributed by atoms with Gasteiger partial charge in [0.2, 0.25) is 0 Å². The zero-order valence-corrected chi connectivity index (χ0v) is 12.9. The van der Waals surface area contributed by atoms with Crippen LogP contribution in [0.15, 0.2) is 0 Å². The average Bonchev–Trinajstić information content (AvgIpc) is 2.39. The minimum absolute atomic E-state index is 0.250. The third-order valence-electron chi connectivity index (χ3n) is 3.42. The molecule has 0 N–H and O–H groups in total. The molecule has 0 saturated heterocycles. The molecular weight excluding hydrogens is 224 g/mol. The lowest BCUT2D eigenvalue weighted by Crippen LogP contribution is -2.02. The van der Waals surface area contributed by atoms with Crippen LogP contribution >= 0.6 is 0 Å². The van der Waals surface area contributed by atoms with Crippen molar-refractivity contribution in [2.45, 2.75) is 73.1 Å². The lowest BCUT2D eigenvalue weighted by atomic mass is 9.97. The maximum absolute atomic E-state index is 10.2. The fourth-order valence-electron chi connectivity index (χ4n) is 1.61. The van der Waals surface area contributed by atoms with Crippen molar-refractivity contribution in [1.29, 1.82) is 0 Å². The van der Waals surface area contributed by atoms with Crippen LogP contribution in [0.25, 0.3) is 0 Å². The predicted octanol–water partition coefficient (Wildman–Crippen LogP) is 4.66. The number of carbonyl (C=O) groups is 2. The van der Waals surface area contributed by atoms with Crippen LogP contribution in [0.4, 0.5) is 0 Å². The Labute approximate surface area is 114 Å². The fourth-order valence-corrected chi connectivity index (χ4v) is 1.61. The van der Waals surface area contributed by atoms with Gasteiger partial charge in [-0.05, 0) is 24.7 Å². The van der Waals surface area contributed by atoms with Gasteiger partial charge < -0.3 is 9.59 Å². The van der Waals surface area contributed by atoms with Gasteiger partial charge in [0.25, 0.3) is 0 Å². The number of unbranched alkanes of at least 4 members (excludes halogenated alkanes) is 1. The van der Waals surface area contributed by atoms with E-state index in [0.717, 1.165) is 37.8 Å². The second-order valence-corrected chi connectivity index (χ2v) is 5.47. The first kappa shape index (κ1) is 19.7. The van der Waals surface area contributed by atoms with Gasteiger partial charge >= 0.3 is 0 Å². The van der Waals surface area contributed by atoms with Gasteiger partial charge in [-0.1, -0.05) is 53.9 Å². The molecular formula is C16H32O2. The van der Waals surface area contributed by atoms with Crippen LogP contribution in [0.2, 0.25) is 0 Å². The highest BCUT2D eigenvalue weighted by molar-refractivity contribution is 5.52. The van der Waals surface area contributed by atoms with Crippen LogP contribution in [-0.2, 0) is 9.59 Å². The van der Waals surface area contributed by atoms with Crippen LogP contribution in [-0.4, -0.2) is 12.6 Å². The smallest absolute Gasteiger partial charge is 0.122 e. The van der Waals surface area contributed by atoms with E-state index in [4.69, 9.17) is 0 Å². The molecule has 0 amide bonds. The second kappa shape index (κ2) is 14.4. The van der Waals surface area contributed by atoms with Crippen molar-refractivity contribution in [3.8, 4) is 0 Å². The Kier molecular flexibility index (Phi) is 15.7. The van der Waals surface area contributed by atoms with Crippen molar-refractivity contribution in [2.24, 2.45) is 17.8 Å². The van der Waals surface area contributed by atoms with Crippen molar-refractivity contribution >= 4 is 12.6 Å². The molecule has 0 aliphatic heterocycles. The maximum atomic E-state index is 10.2. The molecule has 0 heterocycles. The molecule has 3 unspecified atom stereocenters. The summed E-state index contributed by atoms with van der Waals surface area (Å²) in [4.78, 5) is 20.0.